The lowest BCUT2D eigenvalue weighted by atomic mass is 10.2. The Balaban J connectivity index is 1.67. The van der Waals surface area contributed by atoms with Crippen molar-refractivity contribution in [3.8, 4) is 0 Å². The van der Waals surface area contributed by atoms with E-state index in [2.05, 4.69) is 153 Å². The van der Waals surface area contributed by atoms with Crippen LogP contribution < -0.4 is 26.5 Å². The molecule has 5 rings (SSSR count). The van der Waals surface area contributed by atoms with Gasteiger partial charge in [-0.2, -0.15) is 0 Å². The van der Waals surface area contributed by atoms with Crippen LogP contribution in [0.3, 0.4) is 0 Å². The maximum absolute atomic E-state index is 2.42. The average molecular weight is 475 g/mol. The first kappa shape index (κ1) is 22.7. The van der Waals surface area contributed by atoms with Gasteiger partial charge in [0.1, 0.15) is 0 Å². The molecular formula is C32H28P2. The monoisotopic (exact) mass is 474 g/mol. The quantitative estimate of drug-likeness (QED) is 0.232. The SMILES string of the molecule is CC(c1ccccc1P(c1ccccc1)c1ccccc1)P(c1ccccc1)c1ccccc1. The van der Waals surface area contributed by atoms with Gasteiger partial charge in [0, 0.05) is 5.66 Å². The van der Waals surface area contributed by atoms with Gasteiger partial charge in [-0.15, -0.1) is 0 Å². The van der Waals surface area contributed by atoms with Crippen LogP contribution in [0.2, 0.25) is 0 Å². The Morgan fingerprint density at radius 2 is 0.765 bits per heavy atom. The molecular weight excluding hydrogens is 446 g/mol. The standard InChI is InChI=1S/C32H28P2/c1-26(33(27-16-6-2-7-17-27)28-18-8-3-9-19-28)31-24-14-15-25-32(31)34(29-20-10-4-11-21-29)30-22-12-5-13-23-30/h2-26H,1H3. The minimum atomic E-state index is -0.651. The molecule has 0 N–H and O–H groups in total. The highest BCUT2D eigenvalue weighted by atomic mass is 31.1. The third kappa shape index (κ3) is 4.90. The number of benzene rings is 5. The van der Waals surface area contributed by atoms with Gasteiger partial charge in [0.05, 0.1) is 0 Å². The van der Waals surface area contributed by atoms with Crippen LogP contribution in [0.15, 0.2) is 146 Å². The molecule has 5 aromatic carbocycles. The fourth-order valence-electron chi connectivity index (χ4n) is 4.54. The van der Waals surface area contributed by atoms with E-state index in [1.54, 1.807) is 0 Å². The van der Waals surface area contributed by atoms with Crippen LogP contribution in [0.5, 0.6) is 0 Å². The summed E-state index contributed by atoms with van der Waals surface area (Å²) >= 11 is 0. The molecule has 0 aliphatic heterocycles. The van der Waals surface area contributed by atoms with E-state index in [-0.39, 0.29) is 0 Å². The lowest BCUT2D eigenvalue weighted by molar-refractivity contribution is 1.10. The summed E-state index contributed by atoms with van der Waals surface area (Å²) in [6.45, 7) is 2.42. The summed E-state index contributed by atoms with van der Waals surface area (Å²) in [6.07, 6.45) is 0. The van der Waals surface area contributed by atoms with Crippen molar-refractivity contribution in [2.75, 3.05) is 0 Å². The van der Waals surface area contributed by atoms with Crippen LogP contribution in [0.1, 0.15) is 18.1 Å². The van der Waals surface area contributed by atoms with Crippen molar-refractivity contribution >= 4 is 42.4 Å². The number of hydrogen-bond donors (Lipinski definition) is 0. The summed E-state index contributed by atoms with van der Waals surface area (Å²) in [5.41, 5.74) is 1.84. The Bertz CT molecular complexity index is 1220. The highest BCUT2D eigenvalue weighted by molar-refractivity contribution is 7.80. The summed E-state index contributed by atoms with van der Waals surface area (Å²) < 4.78 is 0. The van der Waals surface area contributed by atoms with Gasteiger partial charge < -0.3 is 0 Å². The molecule has 0 bridgehead atoms. The maximum atomic E-state index is 2.42. The van der Waals surface area contributed by atoms with Gasteiger partial charge in [-0.3, -0.25) is 0 Å². The van der Waals surface area contributed by atoms with Crippen molar-refractivity contribution < 1.29 is 0 Å². The van der Waals surface area contributed by atoms with Crippen LogP contribution in [0.25, 0.3) is 0 Å². The van der Waals surface area contributed by atoms with E-state index in [4.69, 9.17) is 0 Å². The molecule has 0 spiro atoms. The third-order valence-electron chi connectivity index (χ3n) is 6.11. The molecule has 0 saturated heterocycles. The summed E-state index contributed by atoms with van der Waals surface area (Å²) in [5, 5.41) is 7.10. The topological polar surface area (TPSA) is 0 Å². The van der Waals surface area contributed by atoms with E-state index in [9.17, 15) is 0 Å². The summed E-state index contributed by atoms with van der Waals surface area (Å²) in [4.78, 5) is 0. The summed E-state index contributed by atoms with van der Waals surface area (Å²) in [7, 11) is -1.21. The number of rotatable bonds is 7. The van der Waals surface area contributed by atoms with Crippen molar-refractivity contribution in [1.82, 2.24) is 0 Å². The zero-order chi connectivity index (χ0) is 23.2. The lowest BCUT2D eigenvalue weighted by Crippen LogP contribution is -2.25. The molecule has 34 heavy (non-hydrogen) atoms. The van der Waals surface area contributed by atoms with Crippen molar-refractivity contribution in [3.05, 3.63) is 151 Å². The second-order valence-corrected chi connectivity index (χ2v) is 13.0. The van der Waals surface area contributed by atoms with E-state index in [1.807, 2.05) is 0 Å². The summed E-state index contributed by atoms with van der Waals surface area (Å²) in [6, 6.07) is 53.3. The van der Waals surface area contributed by atoms with E-state index >= 15 is 0 Å². The maximum Gasteiger partial charge on any atom is 0.0100 e. The van der Waals surface area contributed by atoms with E-state index < -0.39 is 15.8 Å². The van der Waals surface area contributed by atoms with Gasteiger partial charge in [-0.25, -0.2) is 0 Å². The van der Waals surface area contributed by atoms with Crippen LogP contribution in [0.4, 0.5) is 0 Å². The van der Waals surface area contributed by atoms with Gasteiger partial charge in [-0.05, 0) is 47.9 Å². The van der Waals surface area contributed by atoms with Gasteiger partial charge in [-0.1, -0.05) is 153 Å². The molecule has 5 aromatic rings. The molecule has 2 heteroatoms. The van der Waals surface area contributed by atoms with E-state index in [0.29, 0.717) is 5.66 Å². The van der Waals surface area contributed by atoms with E-state index in [1.165, 1.54) is 32.1 Å². The minimum Gasteiger partial charge on any atom is -0.0622 e. The Hall–Kier alpha value is -3.04. The molecule has 1 atom stereocenters. The van der Waals surface area contributed by atoms with Gasteiger partial charge in [0.15, 0.2) is 0 Å². The first-order valence-corrected chi connectivity index (χ1v) is 14.5. The molecule has 0 nitrogen and oxygen atoms in total. The normalized spacial score (nSPS) is 12.1. The van der Waals surface area contributed by atoms with Crippen LogP contribution in [-0.4, -0.2) is 0 Å². The zero-order valence-corrected chi connectivity index (χ0v) is 21.1. The Labute approximate surface area is 205 Å². The molecule has 0 heterocycles. The zero-order valence-electron chi connectivity index (χ0n) is 19.3. The first-order valence-electron chi connectivity index (χ1n) is 11.7. The van der Waals surface area contributed by atoms with Crippen LogP contribution in [0, 0.1) is 0 Å². The Morgan fingerprint density at radius 3 is 1.21 bits per heavy atom. The Kier molecular flexibility index (Phi) is 7.31. The molecule has 0 aliphatic rings. The first-order chi connectivity index (χ1) is 16.8. The molecule has 0 aromatic heterocycles. The third-order valence-corrected chi connectivity index (χ3v) is 11.4. The molecule has 0 saturated carbocycles. The van der Waals surface area contributed by atoms with Gasteiger partial charge in [0.2, 0.25) is 0 Å². The van der Waals surface area contributed by atoms with Crippen molar-refractivity contribution in [1.29, 1.82) is 0 Å². The highest BCUT2D eigenvalue weighted by Gasteiger charge is 2.27. The van der Waals surface area contributed by atoms with Crippen molar-refractivity contribution in [2.45, 2.75) is 12.6 Å². The molecule has 1 unspecified atom stereocenters. The van der Waals surface area contributed by atoms with E-state index in [0.717, 1.165) is 0 Å². The largest absolute Gasteiger partial charge is 0.0622 e. The fourth-order valence-corrected chi connectivity index (χ4v) is 9.88. The molecule has 0 fully saturated rings. The highest BCUT2D eigenvalue weighted by Crippen LogP contribution is 2.50. The second-order valence-electron chi connectivity index (χ2n) is 8.28. The number of hydrogen-bond acceptors (Lipinski definition) is 0. The fraction of sp³-hybridized carbons (Fsp3) is 0.0625. The van der Waals surface area contributed by atoms with Gasteiger partial charge in [0.25, 0.3) is 0 Å². The lowest BCUT2D eigenvalue weighted by Gasteiger charge is -2.30. The smallest absolute Gasteiger partial charge is 0.0100 e. The average Bonchev–Trinajstić information content (AvgIpc) is 2.92. The molecule has 0 radical (unpaired) electrons. The predicted molar refractivity (Wildman–Crippen MR) is 153 cm³/mol. The molecule has 0 aliphatic carbocycles. The van der Waals surface area contributed by atoms with Crippen LogP contribution in [-0.2, 0) is 0 Å². The van der Waals surface area contributed by atoms with Crippen LogP contribution >= 0.6 is 15.8 Å². The predicted octanol–water partition coefficient (Wildman–Crippen LogP) is 6.64. The molecule has 166 valence electrons. The van der Waals surface area contributed by atoms with Gasteiger partial charge >= 0.3 is 0 Å². The Morgan fingerprint density at radius 1 is 0.412 bits per heavy atom. The minimum absolute atomic E-state index is 0.383. The molecule has 0 amide bonds. The van der Waals surface area contributed by atoms with Crippen molar-refractivity contribution in [2.24, 2.45) is 0 Å². The van der Waals surface area contributed by atoms with Crippen molar-refractivity contribution in [3.63, 3.8) is 0 Å². The summed E-state index contributed by atoms with van der Waals surface area (Å²) in [5.74, 6) is 0. The second kappa shape index (κ2) is 10.9.